The number of nitrogens with one attached hydrogen (secondary N) is 1. The number of benzene rings is 2. The second-order valence-electron chi connectivity index (χ2n) is 9.13. The van der Waals surface area contributed by atoms with Crippen molar-refractivity contribution in [3.8, 4) is 11.4 Å². The lowest BCUT2D eigenvalue weighted by Crippen LogP contribution is -2.23. The molecule has 2 aromatic heterocycles. The molecule has 4 aromatic rings. The largest absolute Gasteiger partial charge is 0.348 e. The standard InChI is InChI=1S/C28H30N4O/c1-19-10-11-20(2)23(17-19)18-30-28(33)22-14-12-21(13-15-22)26-31-25-9-6-16-29-27(25)32(26)24-7-4-3-5-8-24/h6,9-17,24H,3-5,7-8,18H2,1-2H3,(H,30,33). The zero-order chi connectivity index (χ0) is 22.8. The van der Waals surface area contributed by atoms with Gasteiger partial charge in [0.15, 0.2) is 5.65 Å². The molecule has 33 heavy (non-hydrogen) atoms. The summed E-state index contributed by atoms with van der Waals surface area (Å²) in [4.78, 5) is 22.4. The first-order valence-corrected chi connectivity index (χ1v) is 11.9. The second-order valence-corrected chi connectivity index (χ2v) is 9.13. The number of pyridine rings is 1. The number of aryl methyl sites for hydroxylation is 2. The van der Waals surface area contributed by atoms with Gasteiger partial charge in [0.2, 0.25) is 0 Å². The molecule has 5 heteroatoms. The highest BCUT2D eigenvalue weighted by Crippen LogP contribution is 2.35. The van der Waals surface area contributed by atoms with Crippen molar-refractivity contribution in [2.24, 2.45) is 0 Å². The van der Waals surface area contributed by atoms with E-state index in [0.717, 1.165) is 41.0 Å². The van der Waals surface area contributed by atoms with Crippen molar-refractivity contribution in [1.29, 1.82) is 0 Å². The van der Waals surface area contributed by atoms with Crippen molar-refractivity contribution in [3.05, 3.63) is 83.0 Å². The lowest BCUT2D eigenvalue weighted by molar-refractivity contribution is 0.0951. The molecule has 5 rings (SSSR count). The number of hydrogen-bond donors (Lipinski definition) is 1. The quantitative estimate of drug-likeness (QED) is 0.406. The van der Waals surface area contributed by atoms with E-state index in [1.165, 1.54) is 30.4 Å². The Kier molecular flexibility index (Phi) is 5.95. The molecule has 0 saturated heterocycles. The molecule has 168 valence electrons. The minimum absolute atomic E-state index is 0.0649. The maximum absolute atomic E-state index is 12.8. The summed E-state index contributed by atoms with van der Waals surface area (Å²) in [5, 5.41) is 3.06. The van der Waals surface area contributed by atoms with E-state index in [0.29, 0.717) is 18.2 Å². The first kappa shape index (κ1) is 21.4. The van der Waals surface area contributed by atoms with E-state index in [1.54, 1.807) is 0 Å². The highest BCUT2D eigenvalue weighted by atomic mass is 16.1. The summed E-state index contributed by atoms with van der Waals surface area (Å²) < 4.78 is 2.32. The van der Waals surface area contributed by atoms with Crippen LogP contribution in [0.1, 0.15) is 65.2 Å². The first-order chi connectivity index (χ1) is 16.1. The Morgan fingerprint density at radius 1 is 1.03 bits per heavy atom. The summed E-state index contributed by atoms with van der Waals surface area (Å²) in [5.41, 5.74) is 7.08. The molecule has 1 aliphatic carbocycles. The van der Waals surface area contributed by atoms with E-state index in [4.69, 9.17) is 4.98 Å². The van der Waals surface area contributed by atoms with Crippen molar-refractivity contribution >= 4 is 17.1 Å². The van der Waals surface area contributed by atoms with E-state index in [2.05, 4.69) is 46.9 Å². The summed E-state index contributed by atoms with van der Waals surface area (Å²) in [6, 6.07) is 18.5. The summed E-state index contributed by atoms with van der Waals surface area (Å²) in [5.74, 6) is 0.878. The second kappa shape index (κ2) is 9.18. The third-order valence-electron chi connectivity index (χ3n) is 6.74. The van der Waals surface area contributed by atoms with Crippen LogP contribution in [0.4, 0.5) is 0 Å². The topological polar surface area (TPSA) is 59.8 Å². The van der Waals surface area contributed by atoms with Gasteiger partial charge in [-0.05, 0) is 62.1 Å². The number of imidazole rings is 1. The average molecular weight is 439 g/mol. The normalized spacial score (nSPS) is 14.5. The smallest absolute Gasteiger partial charge is 0.251 e. The number of carbonyl (C=O) groups is 1. The van der Waals surface area contributed by atoms with Gasteiger partial charge in [-0.2, -0.15) is 0 Å². The van der Waals surface area contributed by atoms with Crippen LogP contribution in [0, 0.1) is 13.8 Å². The van der Waals surface area contributed by atoms with Crippen LogP contribution in [0.5, 0.6) is 0 Å². The van der Waals surface area contributed by atoms with E-state index >= 15 is 0 Å². The summed E-state index contributed by atoms with van der Waals surface area (Å²) in [6.45, 7) is 4.67. The molecule has 0 spiro atoms. The fourth-order valence-electron chi connectivity index (χ4n) is 4.86. The van der Waals surface area contributed by atoms with Crippen LogP contribution >= 0.6 is 0 Å². The Hall–Kier alpha value is -3.47. The van der Waals surface area contributed by atoms with Gasteiger partial charge in [-0.1, -0.05) is 55.2 Å². The molecule has 1 saturated carbocycles. The lowest BCUT2D eigenvalue weighted by Gasteiger charge is -2.25. The highest BCUT2D eigenvalue weighted by Gasteiger charge is 2.23. The van der Waals surface area contributed by atoms with Crippen molar-refractivity contribution in [1.82, 2.24) is 19.9 Å². The first-order valence-electron chi connectivity index (χ1n) is 11.9. The molecule has 0 aliphatic heterocycles. The van der Waals surface area contributed by atoms with Gasteiger partial charge in [0.1, 0.15) is 11.3 Å². The van der Waals surface area contributed by atoms with E-state index in [9.17, 15) is 4.79 Å². The number of amides is 1. The lowest BCUT2D eigenvalue weighted by atomic mass is 9.95. The minimum atomic E-state index is -0.0649. The summed E-state index contributed by atoms with van der Waals surface area (Å²) in [7, 11) is 0. The van der Waals surface area contributed by atoms with Crippen LogP contribution in [0.25, 0.3) is 22.6 Å². The SMILES string of the molecule is Cc1ccc(C)c(CNC(=O)c2ccc(-c3nc4cccnc4n3C3CCCCC3)cc2)c1. The van der Waals surface area contributed by atoms with Gasteiger partial charge in [0.05, 0.1) is 0 Å². The monoisotopic (exact) mass is 438 g/mol. The summed E-state index contributed by atoms with van der Waals surface area (Å²) >= 11 is 0. The molecule has 1 N–H and O–H groups in total. The van der Waals surface area contributed by atoms with Crippen LogP contribution in [0.2, 0.25) is 0 Å². The van der Waals surface area contributed by atoms with E-state index in [1.807, 2.05) is 42.6 Å². The van der Waals surface area contributed by atoms with Crippen molar-refractivity contribution in [3.63, 3.8) is 0 Å². The molecule has 0 atom stereocenters. The molecular formula is C28H30N4O. The molecule has 2 aromatic carbocycles. The van der Waals surface area contributed by atoms with Gasteiger partial charge in [0, 0.05) is 29.9 Å². The molecule has 0 bridgehead atoms. The Labute approximate surface area is 194 Å². The predicted molar refractivity (Wildman–Crippen MR) is 132 cm³/mol. The van der Waals surface area contributed by atoms with E-state index in [-0.39, 0.29) is 5.91 Å². The number of nitrogens with zero attached hydrogens (tertiary/aromatic N) is 3. The Balaban J connectivity index is 1.39. The Morgan fingerprint density at radius 2 is 1.82 bits per heavy atom. The van der Waals surface area contributed by atoms with Crippen LogP contribution in [-0.2, 0) is 6.54 Å². The molecule has 1 aliphatic rings. The number of rotatable bonds is 5. The Bertz CT molecular complexity index is 1280. The molecule has 1 amide bonds. The third kappa shape index (κ3) is 4.40. The fraction of sp³-hybridized carbons (Fsp3) is 0.321. The molecule has 5 nitrogen and oxygen atoms in total. The van der Waals surface area contributed by atoms with Gasteiger partial charge in [0.25, 0.3) is 5.91 Å². The molecular weight excluding hydrogens is 408 g/mol. The predicted octanol–water partition coefficient (Wildman–Crippen LogP) is 6.15. The van der Waals surface area contributed by atoms with Crippen LogP contribution < -0.4 is 5.32 Å². The maximum Gasteiger partial charge on any atom is 0.251 e. The molecule has 0 radical (unpaired) electrons. The van der Waals surface area contributed by atoms with Gasteiger partial charge in [-0.25, -0.2) is 9.97 Å². The number of carbonyl (C=O) groups excluding carboxylic acids is 1. The Morgan fingerprint density at radius 3 is 2.61 bits per heavy atom. The van der Waals surface area contributed by atoms with E-state index < -0.39 is 0 Å². The fourth-order valence-corrected chi connectivity index (χ4v) is 4.86. The molecule has 1 fully saturated rings. The zero-order valence-electron chi connectivity index (χ0n) is 19.3. The summed E-state index contributed by atoms with van der Waals surface area (Å²) in [6.07, 6.45) is 7.96. The third-order valence-corrected chi connectivity index (χ3v) is 6.74. The maximum atomic E-state index is 12.8. The van der Waals surface area contributed by atoms with Crippen molar-refractivity contribution in [2.45, 2.75) is 58.5 Å². The molecule has 0 unspecified atom stereocenters. The molecule has 2 heterocycles. The number of hydrogen-bond acceptors (Lipinski definition) is 3. The highest BCUT2D eigenvalue weighted by molar-refractivity contribution is 5.94. The van der Waals surface area contributed by atoms with Crippen LogP contribution in [0.15, 0.2) is 60.8 Å². The number of fused-ring (bicyclic) bond motifs is 1. The van der Waals surface area contributed by atoms with Crippen molar-refractivity contribution < 1.29 is 4.79 Å². The van der Waals surface area contributed by atoms with Crippen molar-refractivity contribution in [2.75, 3.05) is 0 Å². The number of aromatic nitrogens is 3. The minimum Gasteiger partial charge on any atom is -0.348 e. The van der Waals surface area contributed by atoms with Gasteiger partial charge >= 0.3 is 0 Å². The van der Waals surface area contributed by atoms with Gasteiger partial charge < -0.3 is 9.88 Å². The average Bonchev–Trinajstić information content (AvgIpc) is 3.24. The van der Waals surface area contributed by atoms with Crippen LogP contribution in [-0.4, -0.2) is 20.4 Å². The van der Waals surface area contributed by atoms with Gasteiger partial charge in [-0.15, -0.1) is 0 Å². The zero-order valence-corrected chi connectivity index (χ0v) is 19.3. The van der Waals surface area contributed by atoms with Crippen LogP contribution in [0.3, 0.4) is 0 Å². The van der Waals surface area contributed by atoms with Gasteiger partial charge in [-0.3, -0.25) is 4.79 Å².